The van der Waals surface area contributed by atoms with Crippen LogP contribution in [-0.4, -0.2) is 78.9 Å². The number of amides is 2. The molecule has 2 aliphatic heterocycles. The molecule has 25 heavy (non-hydrogen) atoms. The van der Waals surface area contributed by atoms with E-state index >= 15 is 0 Å². The van der Waals surface area contributed by atoms with Gasteiger partial charge in [-0.15, -0.1) is 0 Å². The van der Waals surface area contributed by atoms with E-state index in [1.807, 2.05) is 0 Å². The molecule has 2 amide bonds. The van der Waals surface area contributed by atoms with Crippen molar-refractivity contribution in [1.29, 1.82) is 0 Å². The van der Waals surface area contributed by atoms with Gasteiger partial charge in [-0.2, -0.15) is 0 Å². The molecule has 1 aliphatic carbocycles. The molecule has 6 nitrogen and oxygen atoms in total. The van der Waals surface area contributed by atoms with Gasteiger partial charge in [-0.3, -0.25) is 0 Å². The summed E-state index contributed by atoms with van der Waals surface area (Å²) in [4.78, 5) is 17.1. The van der Waals surface area contributed by atoms with Crippen LogP contribution in [0.25, 0.3) is 0 Å². The Morgan fingerprint density at radius 3 is 2.28 bits per heavy atom. The van der Waals surface area contributed by atoms with Crippen molar-refractivity contribution in [2.75, 3.05) is 45.9 Å². The lowest BCUT2D eigenvalue weighted by atomic mass is 9.97. The quantitative estimate of drug-likeness (QED) is 0.676. The van der Waals surface area contributed by atoms with Gasteiger partial charge in [-0.05, 0) is 57.5 Å². The highest BCUT2D eigenvalue weighted by Crippen LogP contribution is 2.26. The number of likely N-dealkylation sites (tertiary alicyclic amines) is 2. The number of hydrogen-bond donors (Lipinski definition) is 3. The van der Waals surface area contributed by atoms with Gasteiger partial charge in [-0.1, -0.05) is 12.8 Å². The third kappa shape index (κ3) is 5.83. The second-order valence-electron chi connectivity index (χ2n) is 8.11. The molecule has 2 heterocycles. The van der Waals surface area contributed by atoms with Crippen LogP contribution in [0.5, 0.6) is 0 Å². The molecule has 0 radical (unpaired) electrons. The molecule has 2 saturated heterocycles. The van der Waals surface area contributed by atoms with E-state index in [0.29, 0.717) is 12.0 Å². The number of carbonyl (C=O) groups is 1. The third-order valence-electron chi connectivity index (χ3n) is 6.38. The maximum absolute atomic E-state index is 12.2. The van der Waals surface area contributed by atoms with Crippen LogP contribution in [0.1, 0.15) is 51.4 Å². The SMILES string of the molecule is O=C(NCC1CCN(CCO)CC1)NC1CCN(C2CCCC2)CC1. The summed E-state index contributed by atoms with van der Waals surface area (Å²) in [6.07, 6.45) is 9.92. The van der Waals surface area contributed by atoms with E-state index in [1.165, 1.54) is 25.7 Å². The minimum atomic E-state index is 0.0112. The standard InChI is InChI=1S/C19H36N4O2/c24-14-13-22-9-5-16(6-10-22)15-20-19(25)21-17-7-11-23(12-8-17)18-3-1-2-4-18/h16-18,24H,1-15H2,(H2,20,21,25). The minimum Gasteiger partial charge on any atom is -0.395 e. The van der Waals surface area contributed by atoms with Gasteiger partial charge in [0.05, 0.1) is 6.61 Å². The van der Waals surface area contributed by atoms with Crippen molar-refractivity contribution in [2.45, 2.75) is 63.5 Å². The molecule has 3 N–H and O–H groups in total. The average Bonchev–Trinajstić information content (AvgIpc) is 3.17. The Kier molecular flexibility index (Phi) is 7.37. The van der Waals surface area contributed by atoms with Crippen molar-refractivity contribution in [3.8, 4) is 0 Å². The maximum atomic E-state index is 12.2. The summed E-state index contributed by atoms with van der Waals surface area (Å²) in [5, 5.41) is 15.2. The number of aliphatic hydroxyl groups is 1. The molecule has 0 atom stereocenters. The van der Waals surface area contributed by atoms with E-state index < -0.39 is 0 Å². The molecule has 0 spiro atoms. The lowest BCUT2D eigenvalue weighted by Gasteiger charge is -2.36. The Bertz CT molecular complexity index is 398. The zero-order chi connectivity index (χ0) is 17.5. The van der Waals surface area contributed by atoms with Crippen molar-refractivity contribution in [3.05, 3.63) is 0 Å². The zero-order valence-corrected chi connectivity index (χ0v) is 15.6. The number of β-amino-alcohol motifs (C(OH)–C–C–N with tert-alkyl or cyclic N) is 1. The highest BCUT2D eigenvalue weighted by molar-refractivity contribution is 5.74. The summed E-state index contributed by atoms with van der Waals surface area (Å²) in [6.45, 7) is 6.14. The van der Waals surface area contributed by atoms with E-state index in [-0.39, 0.29) is 12.6 Å². The molecule has 144 valence electrons. The first-order valence-corrected chi connectivity index (χ1v) is 10.4. The highest BCUT2D eigenvalue weighted by Gasteiger charge is 2.27. The number of urea groups is 1. The van der Waals surface area contributed by atoms with Crippen molar-refractivity contribution in [2.24, 2.45) is 5.92 Å². The van der Waals surface area contributed by atoms with E-state index in [0.717, 1.165) is 71.0 Å². The van der Waals surface area contributed by atoms with Crippen LogP contribution in [0, 0.1) is 5.92 Å². The van der Waals surface area contributed by atoms with Crippen LogP contribution in [-0.2, 0) is 0 Å². The fraction of sp³-hybridized carbons (Fsp3) is 0.947. The second kappa shape index (κ2) is 9.74. The largest absolute Gasteiger partial charge is 0.395 e. The van der Waals surface area contributed by atoms with Crippen LogP contribution in [0.15, 0.2) is 0 Å². The van der Waals surface area contributed by atoms with Gasteiger partial charge >= 0.3 is 6.03 Å². The second-order valence-corrected chi connectivity index (χ2v) is 8.11. The summed E-state index contributed by atoms with van der Waals surface area (Å²) >= 11 is 0. The number of hydrogen-bond acceptors (Lipinski definition) is 4. The van der Waals surface area contributed by atoms with Gasteiger partial charge in [-0.25, -0.2) is 4.79 Å². The van der Waals surface area contributed by atoms with Gasteiger partial charge in [0.1, 0.15) is 0 Å². The minimum absolute atomic E-state index is 0.0112. The van der Waals surface area contributed by atoms with Crippen molar-refractivity contribution >= 4 is 6.03 Å². The molecule has 6 heteroatoms. The summed E-state index contributed by atoms with van der Waals surface area (Å²) in [5.41, 5.74) is 0. The molecule has 0 unspecified atom stereocenters. The number of nitrogens with one attached hydrogen (secondary N) is 2. The number of rotatable bonds is 6. The fourth-order valence-electron chi connectivity index (χ4n) is 4.71. The van der Waals surface area contributed by atoms with Crippen molar-refractivity contribution in [1.82, 2.24) is 20.4 Å². The third-order valence-corrected chi connectivity index (χ3v) is 6.38. The molecule has 0 aromatic heterocycles. The summed E-state index contributed by atoms with van der Waals surface area (Å²) in [6, 6.07) is 1.16. The molecule has 3 aliphatic rings. The highest BCUT2D eigenvalue weighted by atomic mass is 16.3. The van der Waals surface area contributed by atoms with Crippen molar-refractivity contribution < 1.29 is 9.90 Å². The van der Waals surface area contributed by atoms with Crippen molar-refractivity contribution in [3.63, 3.8) is 0 Å². The van der Waals surface area contributed by atoms with Gasteiger partial charge in [0, 0.05) is 38.3 Å². The normalized spacial score (nSPS) is 25.3. The molecule has 1 saturated carbocycles. The monoisotopic (exact) mass is 352 g/mol. The van der Waals surface area contributed by atoms with E-state index in [4.69, 9.17) is 5.11 Å². The molecular weight excluding hydrogens is 316 g/mol. The van der Waals surface area contributed by atoms with Gasteiger partial charge in [0.2, 0.25) is 0 Å². The van der Waals surface area contributed by atoms with Gasteiger partial charge < -0.3 is 25.5 Å². The Balaban J connectivity index is 1.27. The summed E-state index contributed by atoms with van der Waals surface area (Å²) in [7, 11) is 0. The van der Waals surface area contributed by atoms with E-state index in [1.54, 1.807) is 0 Å². The Morgan fingerprint density at radius 1 is 0.960 bits per heavy atom. The predicted octanol–water partition coefficient (Wildman–Crippen LogP) is 1.40. The summed E-state index contributed by atoms with van der Waals surface area (Å²) < 4.78 is 0. The smallest absolute Gasteiger partial charge is 0.315 e. The lowest BCUT2D eigenvalue weighted by Crippen LogP contribution is -2.50. The molecule has 0 aromatic carbocycles. The fourth-order valence-corrected chi connectivity index (χ4v) is 4.71. The lowest BCUT2D eigenvalue weighted by molar-refractivity contribution is 0.142. The first-order chi connectivity index (χ1) is 12.2. The van der Waals surface area contributed by atoms with Gasteiger partial charge in [0.25, 0.3) is 0 Å². The molecular formula is C19H36N4O2. The Hall–Kier alpha value is -0.850. The van der Waals surface area contributed by atoms with Crippen LogP contribution < -0.4 is 10.6 Å². The average molecular weight is 353 g/mol. The topological polar surface area (TPSA) is 67.8 Å². The Labute approximate surface area is 152 Å². The Morgan fingerprint density at radius 2 is 1.64 bits per heavy atom. The van der Waals surface area contributed by atoms with Crippen LogP contribution in [0.2, 0.25) is 0 Å². The number of carbonyl (C=O) groups excluding carboxylic acids is 1. The van der Waals surface area contributed by atoms with Gasteiger partial charge in [0.15, 0.2) is 0 Å². The summed E-state index contributed by atoms with van der Waals surface area (Å²) in [5.74, 6) is 0.574. The van der Waals surface area contributed by atoms with E-state index in [2.05, 4.69) is 20.4 Å². The number of aliphatic hydroxyl groups excluding tert-OH is 1. The molecule has 0 bridgehead atoms. The number of nitrogens with zero attached hydrogens (tertiary/aromatic N) is 2. The maximum Gasteiger partial charge on any atom is 0.315 e. The number of piperidine rings is 2. The first-order valence-electron chi connectivity index (χ1n) is 10.4. The molecule has 3 fully saturated rings. The van der Waals surface area contributed by atoms with Crippen LogP contribution >= 0.6 is 0 Å². The predicted molar refractivity (Wildman–Crippen MR) is 99.6 cm³/mol. The molecule has 0 aromatic rings. The van der Waals surface area contributed by atoms with E-state index in [9.17, 15) is 4.79 Å². The first kappa shape index (κ1) is 18.9. The zero-order valence-electron chi connectivity index (χ0n) is 15.6. The molecule has 3 rings (SSSR count). The van der Waals surface area contributed by atoms with Crippen LogP contribution in [0.4, 0.5) is 4.79 Å². The van der Waals surface area contributed by atoms with Crippen LogP contribution in [0.3, 0.4) is 0 Å².